The molecule has 2 aromatic carbocycles. The number of nitrogens with one attached hydrogen (secondary N) is 1. The molecule has 0 spiro atoms. The molecule has 144 valence electrons. The lowest BCUT2D eigenvalue weighted by Crippen LogP contribution is -2.44. The summed E-state index contributed by atoms with van der Waals surface area (Å²) in [6, 6.07) is 19.4. The third kappa shape index (κ3) is 5.65. The van der Waals surface area contributed by atoms with Gasteiger partial charge in [0.2, 0.25) is 5.91 Å². The van der Waals surface area contributed by atoms with Gasteiger partial charge in [-0.25, -0.2) is 0 Å². The highest BCUT2D eigenvalue weighted by molar-refractivity contribution is 5.95. The molecule has 0 aromatic heterocycles. The zero-order chi connectivity index (χ0) is 19.1. The predicted octanol–water partition coefficient (Wildman–Crippen LogP) is 4.50. The number of benzene rings is 2. The van der Waals surface area contributed by atoms with Gasteiger partial charge in [0, 0.05) is 25.4 Å². The summed E-state index contributed by atoms with van der Waals surface area (Å²) in [7, 11) is 0. The predicted molar refractivity (Wildman–Crippen MR) is 110 cm³/mol. The molecule has 1 atom stereocenters. The van der Waals surface area contributed by atoms with E-state index in [0.29, 0.717) is 12.0 Å². The zero-order valence-electron chi connectivity index (χ0n) is 16.3. The van der Waals surface area contributed by atoms with E-state index in [1.807, 2.05) is 60.7 Å². The van der Waals surface area contributed by atoms with Gasteiger partial charge in [0.05, 0.1) is 6.10 Å². The summed E-state index contributed by atoms with van der Waals surface area (Å²) >= 11 is 0. The fourth-order valence-electron chi connectivity index (χ4n) is 3.52. The normalized spacial score (nSPS) is 17.0. The quantitative estimate of drug-likeness (QED) is 0.784. The Labute approximate surface area is 162 Å². The van der Waals surface area contributed by atoms with Gasteiger partial charge in [0.25, 0.3) is 0 Å². The lowest BCUT2D eigenvalue weighted by molar-refractivity contribution is -0.122. The van der Waals surface area contributed by atoms with Crippen molar-refractivity contribution in [3.63, 3.8) is 0 Å². The SMILES string of the molecule is CC(C)COC1CCN(C(C(=O)Nc2ccccc2)c2ccccc2)CC1. The molecule has 0 aliphatic carbocycles. The molecule has 2 aromatic rings. The van der Waals surface area contributed by atoms with Crippen molar-refractivity contribution in [2.24, 2.45) is 5.92 Å². The molecule has 27 heavy (non-hydrogen) atoms. The molecule has 1 unspecified atom stereocenters. The number of hydrogen-bond acceptors (Lipinski definition) is 3. The number of likely N-dealkylation sites (tertiary alicyclic amines) is 1. The number of para-hydroxylation sites is 1. The molecule has 4 heteroatoms. The van der Waals surface area contributed by atoms with Crippen molar-refractivity contribution in [1.29, 1.82) is 0 Å². The standard InChI is InChI=1S/C23H30N2O2/c1-18(2)17-27-21-13-15-25(16-14-21)22(19-9-5-3-6-10-19)23(26)24-20-11-7-4-8-12-20/h3-12,18,21-22H,13-17H2,1-2H3,(H,24,26). The third-order valence-corrected chi connectivity index (χ3v) is 4.91. The summed E-state index contributed by atoms with van der Waals surface area (Å²) in [5.41, 5.74) is 1.87. The molecular formula is C23H30N2O2. The minimum absolute atomic E-state index is 0.0222. The number of carbonyl (C=O) groups excluding carboxylic acids is 1. The monoisotopic (exact) mass is 366 g/mol. The average Bonchev–Trinajstić information content (AvgIpc) is 2.69. The number of hydrogen-bond donors (Lipinski definition) is 1. The highest BCUT2D eigenvalue weighted by atomic mass is 16.5. The minimum atomic E-state index is -0.280. The summed E-state index contributed by atoms with van der Waals surface area (Å²) in [6.07, 6.45) is 2.24. The summed E-state index contributed by atoms with van der Waals surface area (Å²) in [6.45, 7) is 6.89. The number of ether oxygens (including phenoxy) is 1. The van der Waals surface area contributed by atoms with Gasteiger partial charge in [-0.15, -0.1) is 0 Å². The van der Waals surface area contributed by atoms with Crippen molar-refractivity contribution >= 4 is 11.6 Å². The fraction of sp³-hybridized carbons (Fsp3) is 0.435. The van der Waals surface area contributed by atoms with Crippen LogP contribution >= 0.6 is 0 Å². The van der Waals surface area contributed by atoms with E-state index >= 15 is 0 Å². The van der Waals surface area contributed by atoms with Crippen LogP contribution < -0.4 is 5.32 Å². The summed E-state index contributed by atoms with van der Waals surface area (Å²) in [5.74, 6) is 0.575. The van der Waals surface area contributed by atoms with Crippen LogP contribution in [0.5, 0.6) is 0 Å². The van der Waals surface area contributed by atoms with Crippen LogP contribution in [0.25, 0.3) is 0 Å². The second-order valence-electron chi connectivity index (χ2n) is 7.63. The first kappa shape index (κ1) is 19.6. The highest BCUT2D eigenvalue weighted by Crippen LogP contribution is 2.27. The lowest BCUT2D eigenvalue weighted by atomic mass is 9.99. The molecule has 0 bridgehead atoms. The van der Waals surface area contributed by atoms with E-state index in [2.05, 4.69) is 24.1 Å². The van der Waals surface area contributed by atoms with Crippen LogP contribution in [0.1, 0.15) is 38.3 Å². The molecule has 1 N–H and O–H groups in total. The van der Waals surface area contributed by atoms with Gasteiger partial charge in [-0.1, -0.05) is 62.4 Å². The van der Waals surface area contributed by atoms with Crippen LogP contribution in [0.3, 0.4) is 0 Å². The third-order valence-electron chi connectivity index (χ3n) is 4.91. The van der Waals surface area contributed by atoms with Gasteiger partial charge in [-0.3, -0.25) is 9.69 Å². The van der Waals surface area contributed by atoms with E-state index in [-0.39, 0.29) is 11.9 Å². The highest BCUT2D eigenvalue weighted by Gasteiger charge is 2.31. The molecule has 1 amide bonds. The number of nitrogens with zero attached hydrogens (tertiary/aromatic N) is 1. The van der Waals surface area contributed by atoms with Gasteiger partial charge >= 0.3 is 0 Å². The van der Waals surface area contributed by atoms with Gasteiger partial charge < -0.3 is 10.1 Å². The molecule has 1 fully saturated rings. The Kier molecular flexibility index (Phi) is 7.02. The van der Waals surface area contributed by atoms with E-state index in [1.54, 1.807) is 0 Å². The van der Waals surface area contributed by atoms with Gasteiger partial charge in [0.1, 0.15) is 6.04 Å². The van der Waals surface area contributed by atoms with Crippen LogP contribution in [0.4, 0.5) is 5.69 Å². The maximum atomic E-state index is 13.1. The Morgan fingerprint density at radius 2 is 1.63 bits per heavy atom. The van der Waals surface area contributed by atoms with Crippen LogP contribution in [-0.2, 0) is 9.53 Å². The molecule has 1 saturated heterocycles. The molecule has 0 saturated carbocycles. The summed E-state index contributed by atoms with van der Waals surface area (Å²) in [4.78, 5) is 15.4. The molecule has 3 rings (SSSR count). The maximum absolute atomic E-state index is 13.1. The summed E-state index contributed by atoms with van der Waals surface area (Å²) < 4.78 is 6.01. The first-order valence-electron chi connectivity index (χ1n) is 9.90. The van der Waals surface area contributed by atoms with Crippen LogP contribution in [0, 0.1) is 5.92 Å². The van der Waals surface area contributed by atoms with Crippen LogP contribution in [-0.4, -0.2) is 36.6 Å². The van der Waals surface area contributed by atoms with Crippen LogP contribution in [0.15, 0.2) is 60.7 Å². The minimum Gasteiger partial charge on any atom is -0.378 e. The second kappa shape index (κ2) is 9.67. The number of piperidine rings is 1. The number of rotatable bonds is 7. The lowest BCUT2D eigenvalue weighted by Gasteiger charge is -2.37. The molecule has 4 nitrogen and oxygen atoms in total. The fourth-order valence-corrected chi connectivity index (χ4v) is 3.52. The van der Waals surface area contributed by atoms with Gasteiger partial charge in [0.15, 0.2) is 0 Å². The maximum Gasteiger partial charge on any atom is 0.246 e. The van der Waals surface area contributed by atoms with Gasteiger partial charge in [-0.05, 0) is 36.5 Å². The van der Waals surface area contributed by atoms with E-state index in [0.717, 1.165) is 43.8 Å². The van der Waals surface area contributed by atoms with Crippen molar-refractivity contribution < 1.29 is 9.53 Å². The Bertz CT molecular complexity index is 695. The van der Waals surface area contributed by atoms with Crippen molar-refractivity contribution in [3.8, 4) is 0 Å². The molecule has 1 aliphatic heterocycles. The van der Waals surface area contributed by atoms with E-state index in [1.165, 1.54) is 0 Å². The van der Waals surface area contributed by atoms with Crippen molar-refractivity contribution in [2.75, 3.05) is 25.0 Å². The molecule has 1 heterocycles. The van der Waals surface area contributed by atoms with Gasteiger partial charge in [-0.2, -0.15) is 0 Å². The van der Waals surface area contributed by atoms with Crippen molar-refractivity contribution in [2.45, 2.75) is 38.8 Å². The Balaban J connectivity index is 1.69. The van der Waals surface area contributed by atoms with E-state index in [9.17, 15) is 4.79 Å². The van der Waals surface area contributed by atoms with Crippen LogP contribution in [0.2, 0.25) is 0 Å². The molecule has 1 aliphatic rings. The average molecular weight is 367 g/mol. The number of carbonyl (C=O) groups is 1. The Morgan fingerprint density at radius 3 is 2.22 bits per heavy atom. The number of amides is 1. The van der Waals surface area contributed by atoms with E-state index in [4.69, 9.17) is 4.74 Å². The van der Waals surface area contributed by atoms with Crippen molar-refractivity contribution in [1.82, 2.24) is 4.90 Å². The first-order valence-corrected chi connectivity index (χ1v) is 9.90. The largest absolute Gasteiger partial charge is 0.378 e. The summed E-state index contributed by atoms with van der Waals surface area (Å²) in [5, 5.41) is 3.08. The first-order chi connectivity index (χ1) is 13.1. The Hall–Kier alpha value is -2.17. The van der Waals surface area contributed by atoms with Crippen molar-refractivity contribution in [3.05, 3.63) is 66.2 Å². The smallest absolute Gasteiger partial charge is 0.246 e. The second-order valence-corrected chi connectivity index (χ2v) is 7.63. The Morgan fingerprint density at radius 1 is 1.04 bits per heavy atom. The van der Waals surface area contributed by atoms with E-state index < -0.39 is 0 Å². The molecular weight excluding hydrogens is 336 g/mol. The zero-order valence-corrected chi connectivity index (χ0v) is 16.3. The molecule has 0 radical (unpaired) electrons. The number of anilines is 1. The topological polar surface area (TPSA) is 41.6 Å².